The Hall–Kier alpha value is -2.31. The Bertz CT molecular complexity index is 718. The summed E-state index contributed by atoms with van der Waals surface area (Å²) in [5.74, 6) is 0.249. The number of aryl methyl sites for hydroxylation is 1. The molecule has 24 heavy (non-hydrogen) atoms. The molecular weight excluding hydrogens is 321 g/mol. The summed E-state index contributed by atoms with van der Waals surface area (Å²) in [4.78, 5) is 14.1. The molecule has 1 amide bonds. The molecule has 0 fully saturated rings. The Morgan fingerprint density at radius 1 is 1.25 bits per heavy atom. The highest BCUT2D eigenvalue weighted by Gasteiger charge is 2.30. The second-order valence-corrected chi connectivity index (χ2v) is 6.02. The molecule has 0 N–H and O–H groups in total. The van der Waals surface area contributed by atoms with Crippen LogP contribution in [0.15, 0.2) is 28.8 Å². The zero-order valence-electron chi connectivity index (χ0n) is 13.9. The van der Waals surface area contributed by atoms with E-state index in [1.165, 1.54) is 17.0 Å². The van der Waals surface area contributed by atoms with Gasteiger partial charge in [-0.1, -0.05) is 31.1 Å². The van der Waals surface area contributed by atoms with Crippen LogP contribution in [0.5, 0.6) is 0 Å². The minimum absolute atomic E-state index is 0.00428. The molecule has 2 rings (SSSR count). The highest BCUT2D eigenvalue weighted by atomic mass is 19.4. The Morgan fingerprint density at radius 3 is 2.33 bits per heavy atom. The third-order valence-electron chi connectivity index (χ3n) is 3.68. The predicted molar refractivity (Wildman–Crippen MR) is 82.6 cm³/mol. The summed E-state index contributed by atoms with van der Waals surface area (Å²) in [7, 11) is 1.59. The normalized spacial score (nSPS) is 11.8. The number of nitrogens with zero attached hydrogens (tertiary/aromatic N) is 2. The number of aromatic nitrogens is 1. The first-order valence-corrected chi connectivity index (χ1v) is 7.49. The van der Waals surface area contributed by atoms with E-state index < -0.39 is 11.7 Å². The molecule has 0 aliphatic rings. The van der Waals surface area contributed by atoms with Gasteiger partial charge < -0.3 is 9.42 Å². The van der Waals surface area contributed by atoms with Crippen molar-refractivity contribution in [2.45, 2.75) is 39.4 Å². The maximum absolute atomic E-state index is 12.6. The van der Waals surface area contributed by atoms with E-state index in [1.807, 2.05) is 13.8 Å². The van der Waals surface area contributed by atoms with Crippen molar-refractivity contribution in [3.63, 3.8) is 0 Å². The molecule has 0 aliphatic heterocycles. The average Bonchev–Trinajstić information content (AvgIpc) is 2.88. The van der Waals surface area contributed by atoms with Gasteiger partial charge >= 0.3 is 6.18 Å². The molecular formula is C17H19F3N2O2. The van der Waals surface area contributed by atoms with Gasteiger partial charge in [0.2, 0.25) is 0 Å². The van der Waals surface area contributed by atoms with Crippen LogP contribution in [0.4, 0.5) is 13.2 Å². The van der Waals surface area contributed by atoms with E-state index in [0.717, 1.165) is 12.1 Å². The maximum atomic E-state index is 12.6. The monoisotopic (exact) mass is 340 g/mol. The Morgan fingerprint density at radius 2 is 1.83 bits per heavy atom. The van der Waals surface area contributed by atoms with Gasteiger partial charge in [-0.3, -0.25) is 4.79 Å². The van der Waals surface area contributed by atoms with Crippen LogP contribution in [0.2, 0.25) is 0 Å². The van der Waals surface area contributed by atoms with Gasteiger partial charge in [0, 0.05) is 19.5 Å². The standard InChI is InChI=1S/C17H19F3N2O2/c1-10(2)15-14(11(3)21-24-15)16(23)22(4)9-12-5-7-13(8-6-12)17(18,19)20/h5-8,10H,9H2,1-4H3. The minimum Gasteiger partial charge on any atom is -0.360 e. The average molecular weight is 340 g/mol. The van der Waals surface area contributed by atoms with Gasteiger partial charge in [-0.2, -0.15) is 13.2 Å². The van der Waals surface area contributed by atoms with E-state index in [2.05, 4.69) is 5.16 Å². The van der Waals surface area contributed by atoms with Gasteiger partial charge in [0.25, 0.3) is 5.91 Å². The fourth-order valence-electron chi connectivity index (χ4n) is 2.38. The van der Waals surface area contributed by atoms with Crippen molar-refractivity contribution < 1.29 is 22.5 Å². The van der Waals surface area contributed by atoms with Crippen LogP contribution in [0.3, 0.4) is 0 Å². The van der Waals surface area contributed by atoms with Crippen LogP contribution in [0.25, 0.3) is 0 Å². The van der Waals surface area contributed by atoms with Gasteiger partial charge in [-0.25, -0.2) is 0 Å². The summed E-state index contributed by atoms with van der Waals surface area (Å²) in [5, 5.41) is 3.84. The first-order chi connectivity index (χ1) is 11.1. The molecule has 4 nitrogen and oxygen atoms in total. The lowest BCUT2D eigenvalue weighted by atomic mass is 10.0. The van der Waals surface area contributed by atoms with Crippen molar-refractivity contribution >= 4 is 5.91 Å². The fraction of sp³-hybridized carbons (Fsp3) is 0.412. The molecule has 0 saturated carbocycles. The molecule has 0 spiro atoms. The van der Waals surface area contributed by atoms with Crippen molar-refractivity contribution in [3.05, 3.63) is 52.4 Å². The van der Waals surface area contributed by atoms with Crippen LogP contribution >= 0.6 is 0 Å². The predicted octanol–water partition coefficient (Wildman–Crippen LogP) is 4.40. The van der Waals surface area contributed by atoms with Gasteiger partial charge in [0.15, 0.2) is 5.76 Å². The lowest BCUT2D eigenvalue weighted by molar-refractivity contribution is -0.137. The number of carbonyl (C=O) groups is 1. The summed E-state index contributed by atoms with van der Waals surface area (Å²) >= 11 is 0. The SMILES string of the molecule is Cc1noc(C(C)C)c1C(=O)N(C)Cc1ccc(C(F)(F)F)cc1. The molecule has 1 aromatic heterocycles. The molecule has 1 heterocycles. The molecule has 130 valence electrons. The quantitative estimate of drug-likeness (QED) is 0.829. The zero-order valence-corrected chi connectivity index (χ0v) is 13.9. The van der Waals surface area contributed by atoms with Crippen molar-refractivity contribution in [1.29, 1.82) is 0 Å². The summed E-state index contributed by atoms with van der Waals surface area (Å²) in [6.07, 6.45) is -4.37. The van der Waals surface area contributed by atoms with Gasteiger partial charge in [-0.15, -0.1) is 0 Å². The van der Waals surface area contributed by atoms with E-state index >= 15 is 0 Å². The third kappa shape index (κ3) is 3.77. The molecule has 0 unspecified atom stereocenters. The van der Waals surface area contributed by atoms with Crippen LogP contribution in [-0.2, 0) is 12.7 Å². The number of amides is 1. The molecule has 1 aromatic carbocycles. The zero-order chi connectivity index (χ0) is 18.1. The lowest BCUT2D eigenvalue weighted by Gasteiger charge is -2.18. The van der Waals surface area contributed by atoms with Crippen LogP contribution in [-0.4, -0.2) is 23.0 Å². The smallest absolute Gasteiger partial charge is 0.360 e. The molecule has 2 aromatic rings. The topological polar surface area (TPSA) is 46.3 Å². The number of hydrogen-bond donors (Lipinski definition) is 0. The van der Waals surface area contributed by atoms with Crippen molar-refractivity contribution in [2.24, 2.45) is 0 Å². The summed E-state index contributed by atoms with van der Waals surface area (Å²) in [6.45, 7) is 5.67. The Kier molecular flexibility index (Phi) is 5.01. The van der Waals surface area contributed by atoms with Crippen LogP contribution in [0.1, 0.15) is 52.7 Å². The van der Waals surface area contributed by atoms with E-state index in [1.54, 1.807) is 14.0 Å². The molecule has 0 aliphatic carbocycles. The Balaban J connectivity index is 2.17. The number of rotatable bonds is 4. The third-order valence-corrected chi connectivity index (χ3v) is 3.68. The molecule has 0 bridgehead atoms. The number of benzene rings is 1. The number of halogens is 3. The second-order valence-electron chi connectivity index (χ2n) is 6.02. The van der Waals surface area contributed by atoms with Gasteiger partial charge in [0.1, 0.15) is 5.56 Å². The number of hydrogen-bond acceptors (Lipinski definition) is 3. The second kappa shape index (κ2) is 6.67. The first-order valence-electron chi connectivity index (χ1n) is 7.49. The molecule has 7 heteroatoms. The largest absolute Gasteiger partial charge is 0.416 e. The minimum atomic E-state index is -4.37. The highest BCUT2D eigenvalue weighted by Crippen LogP contribution is 2.29. The summed E-state index contributed by atoms with van der Waals surface area (Å²) in [6, 6.07) is 4.77. The molecule has 0 radical (unpaired) electrons. The van der Waals surface area contributed by atoms with Crippen molar-refractivity contribution in [2.75, 3.05) is 7.05 Å². The van der Waals surface area contributed by atoms with E-state index in [4.69, 9.17) is 4.52 Å². The summed E-state index contributed by atoms with van der Waals surface area (Å²) in [5.41, 5.74) is 0.818. The van der Waals surface area contributed by atoms with Gasteiger partial charge in [-0.05, 0) is 24.6 Å². The van der Waals surface area contributed by atoms with E-state index in [0.29, 0.717) is 22.6 Å². The number of carbonyl (C=O) groups excluding carboxylic acids is 1. The van der Waals surface area contributed by atoms with Crippen molar-refractivity contribution in [3.8, 4) is 0 Å². The van der Waals surface area contributed by atoms with Crippen LogP contribution < -0.4 is 0 Å². The number of alkyl halides is 3. The summed E-state index contributed by atoms with van der Waals surface area (Å²) < 4.78 is 42.9. The fourth-order valence-corrected chi connectivity index (χ4v) is 2.38. The van der Waals surface area contributed by atoms with Crippen LogP contribution in [0, 0.1) is 6.92 Å². The lowest BCUT2D eigenvalue weighted by Crippen LogP contribution is -2.27. The molecule has 0 saturated heterocycles. The maximum Gasteiger partial charge on any atom is 0.416 e. The van der Waals surface area contributed by atoms with E-state index in [-0.39, 0.29) is 18.4 Å². The highest BCUT2D eigenvalue weighted by molar-refractivity contribution is 5.96. The van der Waals surface area contributed by atoms with E-state index in [9.17, 15) is 18.0 Å². The first kappa shape index (κ1) is 18.0. The van der Waals surface area contributed by atoms with Gasteiger partial charge in [0.05, 0.1) is 11.3 Å². The van der Waals surface area contributed by atoms with Crippen molar-refractivity contribution in [1.82, 2.24) is 10.1 Å². The molecule has 0 atom stereocenters. The Labute approximate surface area is 138 Å².